The molecule has 1 aromatic heterocycles. The van der Waals surface area contributed by atoms with Crippen LogP contribution in [0.4, 0.5) is 0 Å². The van der Waals surface area contributed by atoms with E-state index in [9.17, 15) is 9.59 Å². The Morgan fingerprint density at radius 2 is 2.37 bits per heavy atom. The number of carbonyl (C=O) groups is 1. The largest absolute Gasteiger partial charge is 0.463 e. The minimum Gasteiger partial charge on any atom is -0.463 e. The average molecular weight is 284 g/mol. The molecule has 19 heavy (non-hydrogen) atoms. The van der Waals surface area contributed by atoms with E-state index in [1.54, 1.807) is 6.92 Å². The molecule has 1 aliphatic heterocycles. The first-order valence-electron chi connectivity index (χ1n) is 6.03. The highest BCUT2D eigenvalue weighted by molar-refractivity contribution is 7.07. The predicted molar refractivity (Wildman–Crippen MR) is 71.6 cm³/mol. The van der Waals surface area contributed by atoms with Gasteiger partial charge < -0.3 is 4.74 Å². The summed E-state index contributed by atoms with van der Waals surface area (Å²) in [5.74, 6) is -0.256. The van der Waals surface area contributed by atoms with Crippen LogP contribution < -0.4 is 25.7 Å². The Hall–Kier alpha value is -1.83. The summed E-state index contributed by atoms with van der Waals surface area (Å²) in [5, 5.41) is 4.13. The molecular weight excluding hydrogens is 268 g/mol. The summed E-state index contributed by atoms with van der Waals surface area (Å²) in [5.41, 5.74) is 5.67. The standard InChI is InChI=1S/C11H16N4O3S/c1-4-18-8(16)5-7-10(17)15-11(19-7)13-12-9(14-15)6(2)3/h5-6,9,12,14H,4H2,1-3H3/b7-5+. The number of ether oxygens (including phenoxy) is 1. The molecule has 0 aliphatic carbocycles. The zero-order chi connectivity index (χ0) is 14.0. The lowest BCUT2D eigenvalue weighted by Crippen LogP contribution is -2.53. The summed E-state index contributed by atoms with van der Waals surface area (Å²) in [6.45, 7) is 6.01. The number of carbonyl (C=O) groups excluding carboxylic acids is 1. The second-order valence-electron chi connectivity index (χ2n) is 4.38. The van der Waals surface area contributed by atoms with Gasteiger partial charge in [0, 0.05) is 6.08 Å². The van der Waals surface area contributed by atoms with E-state index < -0.39 is 5.97 Å². The number of hydrogen-bond donors (Lipinski definition) is 2. The fraction of sp³-hybridized carbons (Fsp3) is 0.545. The third-order valence-electron chi connectivity index (χ3n) is 2.58. The molecule has 0 saturated heterocycles. The minimum atomic E-state index is -0.521. The number of rotatable bonds is 3. The van der Waals surface area contributed by atoms with Crippen LogP contribution in [0.15, 0.2) is 9.90 Å². The van der Waals surface area contributed by atoms with Crippen molar-refractivity contribution in [2.45, 2.75) is 26.9 Å². The van der Waals surface area contributed by atoms with Gasteiger partial charge in [0.15, 0.2) is 0 Å². The molecule has 8 heteroatoms. The molecule has 7 nitrogen and oxygen atoms in total. The highest BCUT2D eigenvalue weighted by atomic mass is 32.1. The molecule has 0 aromatic carbocycles. The predicted octanol–water partition coefficient (Wildman–Crippen LogP) is -1.08. The summed E-state index contributed by atoms with van der Waals surface area (Å²) in [7, 11) is 0. The number of aromatic nitrogens is 1. The SMILES string of the molecule is CCOC(=O)/C=c1/sc2n(c1=O)NC(C(C)C)NN=2. The summed E-state index contributed by atoms with van der Waals surface area (Å²) in [6, 6.07) is 0. The van der Waals surface area contributed by atoms with Crippen LogP contribution in [-0.4, -0.2) is 23.4 Å². The molecule has 2 N–H and O–H groups in total. The van der Waals surface area contributed by atoms with Gasteiger partial charge in [-0.1, -0.05) is 25.2 Å². The van der Waals surface area contributed by atoms with Crippen LogP contribution in [0.3, 0.4) is 0 Å². The monoisotopic (exact) mass is 284 g/mol. The van der Waals surface area contributed by atoms with Crippen molar-refractivity contribution in [3.63, 3.8) is 0 Å². The highest BCUT2D eigenvalue weighted by Gasteiger charge is 2.19. The fourth-order valence-electron chi connectivity index (χ4n) is 1.54. The van der Waals surface area contributed by atoms with Crippen molar-refractivity contribution < 1.29 is 9.53 Å². The van der Waals surface area contributed by atoms with Crippen molar-refractivity contribution in [1.29, 1.82) is 0 Å². The number of esters is 1. The Balaban J connectivity index is 2.39. The number of fused-ring (bicyclic) bond motifs is 1. The molecule has 0 radical (unpaired) electrons. The van der Waals surface area contributed by atoms with Gasteiger partial charge in [-0.15, -0.1) is 5.10 Å². The van der Waals surface area contributed by atoms with Gasteiger partial charge in [-0.05, 0) is 12.8 Å². The summed E-state index contributed by atoms with van der Waals surface area (Å²) in [6.07, 6.45) is 1.08. The van der Waals surface area contributed by atoms with E-state index in [4.69, 9.17) is 4.74 Å². The van der Waals surface area contributed by atoms with Crippen molar-refractivity contribution >= 4 is 23.4 Å². The first-order valence-corrected chi connectivity index (χ1v) is 6.84. The van der Waals surface area contributed by atoms with E-state index >= 15 is 0 Å². The van der Waals surface area contributed by atoms with Crippen molar-refractivity contribution in [3.05, 3.63) is 19.7 Å². The third-order valence-corrected chi connectivity index (χ3v) is 3.54. The van der Waals surface area contributed by atoms with Gasteiger partial charge in [-0.2, -0.15) is 4.68 Å². The molecule has 0 fully saturated rings. The van der Waals surface area contributed by atoms with E-state index in [0.717, 1.165) is 11.3 Å². The lowest BCUT2D eigenvalue weighted by atomic mass is 10.2. The van der Waals surface area contributed by atoms with E-state index in [1.165, 1.54) is 10.8 Å². The van der Waals surface area contributed by atoms with Crippen LogP contribution >= 0.6 is 11.3 Å². The Labute approximate surface area is 113 Å². The lowest BCUT2D eigenvalue weighted by molar-refractivity contribution is -0.135. The lowest BCUT2D eigenvalue weighted by Gasteiger charge is -2.25. The van der Waals surface area contributed by atoms with Crippen molar-refractivity contribution in [3.8, 4) is 0 Å². The molecule has 1 unspecified atom stereocenters. The van der Waals surface area contributed by atoms with E-state index in [2.05, 4.69) is 16.0 Å². The fourth-order valence-corrected chi connectivity index (χ4v) is 2.40. The average Bonchev–Trinajstić information content (AvgIpc) is 2.66. The van der Waals surface area contributed by atoms with Crippen molar-refractivity contribution in [2.75, 3.05) is 12.0 Å². The van der Waals surface area contributed by atoms with Crippen LogP contribution in [0.25, 0.3) is 6.08 Å². The Kier molecular flexibility index (Phi) is 3.89. The Morgan fingerprint density at radius 1 is 1.63 bits per heavy atom. The summed E-state index contributed by atoms with van der Waals surface area (Å²) >= 11 is 1.13. The van der Waals surface area contributed by atoms with Crippen LogP contribution in [0, 0.1) is 5.92 Å². The van der Waals surface area contributed by atoms with Gasteiger partial charge in [0.1, 0.15) is 10.7 Å². The normalized spacial score (nSPS) is 18.3. The summed E-state index contributed by atoms with van der Waals surface area (Å²) in [4.78, 5) is 24.0. The van der Waals surface area contributed by atoms with Crippen LogP contribution in [-0.2, 0) is 9.53 Å². The quantitative estimate of drug-likeness (QED) is 0.690. The van der Waals surface area contributed by atoms with Gasteiger partial charge in [0.2, 0.25) is 4.80 Å². The molecule has 0 amide bonds. The topological polar surface area (TPSA) is 84.7 Å². The number of hydrogen-bond acceptors (Lipinski definition) is 7. The number of thiazole rings is 1. The molecule has 0 spiro atoms. The molecule has 1 aromatic rings. The van der Waals surface area contributed by atoms with Gasteiger partial charge in [0.05, 0.1) is 6.61 Å². The maximum Gasteiger partial charge on any atom is 0.332 e. The maximum absolute atomic E-state index is 12.1. The molecular formula is C11H16N4O3S. The molecule has 0 bridgehead atoms. The molecule has 1 aliphatic rings. The highest BCUT2D eigenvalue weighted by Crippen LogP contribution is 2.00. The molecule has 0 saturated carbocycles. The molecule has 2 heterocycles. The first kappa shape index (κ1) is 13.6. The minimum absolute atomic E-state index is 0.116. The zero-order valence-corrected chi connectivity index (χ0v) is 11.8. The Bertz CT molecular complexity index is 646. The van der Waals surface area contributed by atoms with Gasteiger partial charge in [-0.3, -0.25) is 15.6 Å². The number of nitrogens with zero attached hydrogens (tertiary/aromatic N) is 2. The zero-order valence-electron chi connectivity index (χ0n) is 11.0. The van der Waals surface area contributed by atoms with Gasteiger partial charge in [-0.25, -0.2) is 4.79 Å². The van der Waals surface area contributed by atoms with Crippen molar-refractivity contribution in [1.82, 2.24) is 10.1 Å². The van der Waals surface area contributed by atoms with E-state index in [0.29, 0.717) is 9.33 Å². The van der Waals surface area contributed by atoms with E-state index in [-0.39, 0.29) is 24.2 Å². The van der Waals surface area contributed by atoms with Crippen LogP contribution in [0.1, 0.15) is 20.8 Å². The van der Waals surface area contributed by atoms with Gasteiger partial charge >= 0.3 is 5.97 Å². The van der Waals surface area contributed by atoms with Crippen LogP contribution in [0.5, 0.6) is 0 Å². The number of nitrogens with one attached hydrogen (secondary N) is 2. The van der Waals surface area contributed by atoms with Gasteiger partial charge in [0.25, 0.3) is 5.56 Å². The maximum atomic E-state index is 12.1. The Morgan fingerprint density at radius 3 is 3.00 bits per heavy atom. The molecule has 2 rings (SSSR count). The smallest absolute Gasteiger partial charge is 0.332 e. The van der Waals surface area contributed by atoms with Crippen LogP contribution in [0.2, 0.25) is 0 Å². The second kappa shape index (κ2) is 5.43. The molecule has 104 valence electrons. The summed E-state index contributed by atoms with van der Waals surface area (Å²) < 4.78 is 6.45. The molecule has 1 atom stereocenters. The second-order valence-corrected chi connectivity index (χ2v) is 5.39. The first-order chi connectivity index (χ1) is 9.02. The third kappa shape index (κ3) is 2.78. The van der Waals surface area contributed by atoms with E-state index in [1.807, 2.05) is 13.8 Å². The van der Waals surface area contributed by atoms with Crippen molar-refractivity contribution in [2.24, 2.45) is 11.0 Å².